The molecule has 0 aliphatic carbocycles. The summed E-state index contributed by atoms with van der Waals surface area (Å²) >= 11 is 0. The SMILES string of the molecule is CCCOCC(N)c1noc(-c2cncc(F)c2)n1. The zero-order valence-corrected chi connectivity index (χ0v) is 10.5. The van der Waals surface area contributed by atoms with Crippen molar-refractivity contribution in [2.24, 2.45) is 5.73 Å². The van der Waals surface area contributed by atoms with Gasteiger partial charge in [-0.25, -0.2) is 4.39 Å². The van der Waals surface area contributed by atoms with Crippen LogP contribution in [0.5, 0.6) is 0 Å². The minimum atomic E-state index is -0.467. The van der Waals surface area contributed by atoms with Gasteiger partial charge in [0.1, 0.15) is 5.82 Å². The van der Waals surface area contributed by atoms with E-state index in [0.717, 1.165) is 12.6 Å². The summed E-state index contributed by atoms with van der Waals surface area (Å²) in [5.74, 6) is 0.0520. The minimum Gasteiger partial charge on any atom is -0.379 e. The van der Waals surface area contributed by atoms with Crippen LogP contribution in [-0.4, -0.2) is 28.3 Å². The van der Waals surface area contributed by atoms with Crippen molar-refractivity contribution < 1.29 is 13.7 Å². The van der Waals surface area contributed by atoms with E-state index >= 15 is 0 Å². The van der Waals surface area contributed by atoms with Crippen molar-refractivity contribution in [3.8, 4) is 11.5 Å². The van der Waals surface area contributed by atoms with Crippen molar-refractivity contribution in [3.05, 3.63) is 30.1 Å². The van der Waals surface area contributed by atoms with Crippen LogP contribution in [-0.2, 0) is 4.74 Å². The average molecular weight is 266 g/mol. The number of hydrogen-bond donors (Lipinski definition) is 1. The molecule has 0 spiro atoms. The number of nitrogens with two attached hydrogens (primary N) is 1. The van der Waals surface area contributed by atoms with Crippen molar-refractivity contribution in [2.75, 3.05) is 13.2 Å². The second-order valence-corrected chi connectivity index (χ2v) is 4.03. The third kappa shape index (κ3) is 3.55. The predicted molar refractivity (Wildman–Crippen MR) is 65.5 cm³/mol. The Morgan fingerprint density at radius 3 is 3.05 bits per heavy atom. The van der Waals surface area contributed by atoms with Crippen LogP contribution < -0.4 is 5.73 Å². The molecule has 0 fully saturated rings. The Hall–Kier alpha value is -1.86. The first-order valence-corrected chi connectivity index (χ1v) is 5.98. The Bertz CT molecular complexity index is 532. The van der Waals surface area contributed by atoms with Gasteiger partial charge in [-0.2, -0.15) is 4.98 Å². The summed E-state index contributed by atoms with van der Waals surface area (Å²) in [6.07, 6.45) is 3.46. The van der Waals surface area contributed by atoms with Gasteiger partial charge in [-0.1, -0.05) is 12.1 Å². The number of halogens is 1. The van der Waals surface area contributed by atoms with Crippen LogP contribution in [0.2, 0.25) is 0 Å². The molecular formula is C12H15FN4O2. The van der Waals surface area contributed by atoms with Crippen LogP contribution in [0.15, 0.2) is 23.0 Å². The molecule has 0 aromatic carbocycles. The molecule has 7 heteroatoms. The van der Waals surface area contributed by atoms with Crippen LogP contribution in [0, 0.1) is 5.82 Å². The Balaban J connectivity index is 2.06. The van der Waals surface area contributed by atoms with E-state index in [1.807, 2.05) is 6.92 Å². The summed E-state index contributed by atoms with van der Waals surface area (Å²) in [6.45, 7) is 2.95. The van der Waals surface area contributed by atoms with E-state index in [1.54, 1.807) is 0 Å². The first-order chi connectivity index (χ1) is 9.20. The van der Waals surface area contributed by atoms with Gasteiger partial charge >= 0.3 is 0 Å². The van der Waals surface area contributed by atoms with E-state index < -0.39 is 11.9 Å². The molecule has 2 aromatic rings. The van der Waals surface area contributed by atoms with Crippen molar-refractivity contribution in [3.63, 3.8) is 0 Å². The van der Waals surface area contributed by atoms with Gasteiger partial charge in [0.15, 0.2) is 5.82 Å². The topological polar surface area (TPSA) is 87.1 Å². The van der Waals surface area contributed by atoms with Gasteiger partial charge in [0.2, 0.25) is 0 Å². The van der Waals surface area contributed by atoms with Crippen molar-refractivity contribution >= 4 is 0 Å². The second-order valence-electron chi connectivity index (χ2n) is 4.03. The number of aromatic nitrogens is 3. The normalized spacial score (nSPS) is 12.6. The van der Waals surface area contributed by atoms with Crippen molar-refractivity contribution in [1.29, 1.82) is 0 Å². The summed E-state index contributed by atoms with van der Waals surface area (Å²) in [4.78, 5) is 7.83. The lowest BCUT2D eigenvalue weighted by molar-refractivity contribution is 0.119. The molecule has 19 heavy (non-hydrogen) atoms. The monoisotopic (exact) mass is 266 g/mol. The van der Waals surface area contributed by atoms with E-state index in [4.69, 9.17) is 15.0 Å². The van der Waals surface area contributed by atoms with Gasteiger partial charge in [0, 0.05) is 12.8 Å². The Morgan fingerprint density at radius 1 is 1.47 bits per heavy atom. The third-order valence-electron chi connectivity index (χ3n) is 2.37. The fraction of sp³-hybridized carbons (Fsp3) is 0.417. The van der Waals surface area contributed by atoms with Gasteiger partial charge in [-0.3, -0.25) is 4.98 Å². The Labute approximate surface area is 109 Å². The lowest BCUT2D eigenvalue weighted by atomic mass is 10.3. The molecule has 1 atom stereocenters. The Morgan fingerprint density at radius 2 is 2.32 bits per heavy atom. The molecule has 0 saturated carbocycles. The van der Waals surface area contributed by atoms with Crippen molar-refractivity contribution in [2.45, 2.75) is 19.4 Å². The number of hydrogen-bond acceptors (Lipinski definition) is 6. The molecule has 0 aliphatic rings. The maximum absolute atomic E-state index is 13.0. The molecular weight excluding hydrogens is 251 g/mol. The van der Waals surface area contributed by atoms with E-state index in [0.29, 0.717) is 24.6 Å². The fourth-order valence-corrected chi connectivity index (χ4v) is 1.46. The van der Waals surface area contributed by atoms with Gasteiger partial charge < -0.3 is 15.0 Å². The van der Waals surface area contributed by atoms with Crippen molar-refractivity contribution in [1.82, 2.24) is 15.1 Å². The molecule has 2 heterocycles. The molecule has 102 valence electrons. The standard InChI is InChI=1S/C12H15FN4O2/c1-2-3-18-7-10(14)11-16-12(19-17-11)8-4-9(13)6-15-5-8/h4-6,10H,2-3,7,14H2,1H3. The molecule has 0 radical (unpaired) electrons. The molecule has 2 N–H and O–H groups in total. The molecule has 0 aliphatic heterocycles. The van der Waals surface area contributed by atoms with E-state index in [2.05, 4.69) is 15.1 Å². The number of pyridine rings is 1. The Kier molecular flexibility index (Phi) is 4.53. The first kappa shape index (κ1) is 13.6. The smallest absolute Gasteiger partial charge is 0.259 e. The number of rotatable bonds is 6. The molecule has 2 rings (SSSR count). The summed E-state index contributed by atoms with van der Waals surface area (Å²) in [5, 5.41) is 3.76. The minimum absolute atomic E-state index is 0.188. The summed E-state index contributed by atoms with van der Waals surface area (Å²) in [7, 11) is 0. The molecule has 6 nitrogen and oxygen atoms in total. The second kappa shape index (κ2) is 6.35. The van der Waals surface area contributed by atoms with Gasteiger partial charge in [-0.05, 0) is 12.5 Å². The average Bonchev–Trinajstić information content (AvgIpc) is 2.88. The van der Waals surface area contributed by atoms with E-state index in [-0.39, 0.29) is 5.89 Å². The molecule has 1 unspecified atom stereocenters. The maximum atomic E-state index is 13.0. The highest BCUT2D eigenvalue weighted by Crippen LogP contribution is 2.18. The molecule has 2 aromatic heterocycles. The highest BCUT2D eigenvalue weighted by atomic mass is 19.1. The fourth-order valence-electron chi connectivity index (χ4n) is 1.46. The van der Waals surface area contributed by atoms with E-state index in [9.17, 15) is 4.39 Å². The zero-order valence-electron chi connectivity index (χ0n) is 10.5. The first-order valence-electron chi connectivity index (χ1n) is 5.98. The molecule has 0 saturated heterocycles. The van der Waals surface area contributed by atoms with E-state index in [1.165, 1.54) is 12.3 Å². The highest BCUT2D eigenvalue weighted by molar-refractivity contribution is 5.50. The number of ether oxygens (including phenoxy) is 1. The van der Waals surface area contributed by atoms with Crippen LogP contribution in [0.1, 0.15) is 25.2 Å². The van der Waals surface area contributed by atoms with Crippen LogP contribution in [0.4, 0.5) is 4.39 Å². The van der Waals surface area contributed by atoms with Gasteiger partial charge in [0.05, 0.1) is 24.4 Å². The molecule has 0 amide bonds. The van der Waals surface area contributed by atoms with Crippen LogP contribution >= 0.6 is 0 Å². The molecule has 0 bridgehead atoms. The maximum Gasteiger partial charge on any atom is 0.259 e. The lowest BCUT2D eigenvalue weighted by Gasteiger charge is -2.06. The largest absolute Gasteiger partial charge is 0.379 e. The highest BCUT2D eigenvalue weighted by Gasteiger charge is 2.16. The summed E-state index contributed by atoms with van der Waals surface area (Å²) in [6, 6.07) is 0.800. The lowest BCUT2D eigenvalue weighted by Crippen LogP contribution is -2.18. The van der Waals surface area contributed by atoms with Crippen LogP contribution in [0.25, 0.3) is 11.5 Å². The van der Waals surface area contributed by atoms with Crippen LogP contribution in [0.3, 0.4) is 0 Å². The summed E-state index contributed by atoms with van der Waals surface area (Å²) < 4.78 is 23.4. The zero-order chi connectivity index (χ0) is 13.7. The number of nitrogens with zero attached hydrogens (tertiary/aromatic N) is 3. The van der Waals surface area contributed by atoms with Gasteiger partial charge in [0.25, 0.3) is 5.89 Å². The predicted octanol–water partition coefficient (Wildman–Crippen LogP) is 1.70. The van der Waals surface area contributed by atoms with Gasteiger partial charge in [-0.15, -0.1) is 0 Å². The quantitative estimate of drug-likeness (QED) is 0.801. The summed E-state index contributed by atoms with van der Waals surface area (Å²) in [5.41, 5.74) is 6.27. The third-order valence-corrected chi connectivity index (χ3v) is 2.37.